The molecule has 6 heteroatoms. The van der Waals surface area contributed by atoms with Crippen molar-refractivity contribution in [3.05, 3.63) is 28.2 Å². The number of carbonyl (C=O) groups is 1. The van der Waals surface area contributed by atoms with Crippen molar-refractivity contribution in [2.75, 3.05) is 13.7 Å². The first-order chi connectivity index (χ1) is 7.97. The second-order valence-corrected chi connectivity index (χ2v) is 6.26. The summed E-state index contributed by atoms with van der Waals surface area (Å²) in [5, 5.41) is 8.78. The highest BCUT2D eigenvalue weighted by Crippen LogP contribution is 2.22. The van der Waals surface area contributed by atoms with Crippen molar-refractivity contribution < 1.29 is 18.8 Å². The molecule has 0 aliphatic heterocycles. The predicted octanol–water partition coefficient (Wildman–Crippen LogP) is 2.29. The van der Waals surface area contributed by atoms with Crippen LogP contribution >= 0.6 is 15.9 Å². The second-order valence-electron chi connectivity index (χ2n) is 3.51. The molecule has 0 saturated carbocycles. The highest BCUT2D eigenvalue weighted by molar-refractivity contribution is 9.10. The number of carboxylic acid groups (broad SMARTS) is 1. The third kappa shape index (κ3) is 3.62. The van der Waals surface area contributed by atoms with Crippen LogP contribution in [-0.2, 0) is 15.5 Å². The summed E-state index contributed by atoms with van der Waals surface area (Å²) in [7, 11) is 0.114. The van der Waals surface area contributed by atoms with Gasteiger partial charge < -0.3 is 9.84 Å². The van der Waals surface area contributed by atoms with Crippen LogP contribution in [0.2, 0.25) is 0 Å². The topological polar surface area (TPSA) is 63.6 Å². The summed E-state index contributed by atoms with van der Waals surface area (Å²) in [4.78, 5) is 11.4. The molecule has 1 aromatic carbocycles. The van der Waals surface area contributed by atoms with Crippen molar-refractivity contribution in [2.45, 2.75) is 17.1 Å². The molecule has 4 nitrogen and oxygen atoms in total. The van der Waals surface area contributed by atoms with Crippen LogP contribution in [0.25, 0.3) is 0 Å². The quantitative estimate of drug-likeness (QED) is 0.904. The van der Waals surface area contributed by atoms with Gasteiger partial charge in [0.1, 0.15) is 0 Å². The van der Waals surface area contributed by atoms with Crippen LogP contribution in [0.15, 0.2) is 27.6 Å². The molecule has 94 valence electrons. The molecule has 0 radical (unpaired) electrons. The van der Waals surface area contributed by atoms with Gasteiger partial charge in [-0.3, -0.25) is 4.21 Å². The summed E-state index contributed by atoms with van der Waals surface area (Å²) in [6.45, 7) is 2.07. The van der Waals surface area contributed by atoms with Crippen molar-refractivity contribution in [1.29, 1.82) is 0 Å². The fraction of sp³-hybridized carbons (Fsp3) is 0.364. The summed E-state index contributed by atoms with van der Waals surface area (Å²) < 4.78 is 17.8. The third-order valence-electron chi connectivity index (χ3n) is 2.16. The summed E-state index contributed by atoms with van der Waals surface area (Å²) >= 11 is 3.24. The lowest BCUT2D eigenvalue weighted by molar-refractivity contribution is 0.0693. The molecule has 0 bridgehead atoms. The average Bonchev–Trinajstić information content (AvgIpc) is 2.27. The van der Waals surface area contributed by atoms with Crippen molar-refractivity contribution in [3.8, 4) is 0 Å². The van der Waals surface area contributed by atoms with E-state index in [0.29, 0.717) is 16.0 Å². The fourth-order valence-electron chi connectivity index (χ4n) is 1.35. The molecule has 0 spiro atoms. The van der Waals surface area contributed by atoms with E-state index < -0.39 is 16.8 Å². The normalized spacial score (nSPS) is 14.3. The summed E-state index contributed by atoms with van der Waals surface area (Å²) in [6, 6.07) is 4.63. The Hall–Kier alpha value is -0.720. The van der Waals surface area contributed by atoms with Gasteiger partial charge in [-0.15, -0.1) is 0 Å². The summed E-state index contributed by atoms with van der Waals surface area (Å²) in [5.41, 5.74) is 0.0643. The van der Waals surface area contributed by atoms with E-state index in [2.05, 4.69) is 15.9 Å². The van der Waals surface area contributed by atoms with Gasteiger partial charge in [-0.25, -0.2) is 4.79 Å². The molecule has 17 heavy (non-hydrogen) atoms. The molecular weight excluding hydrogens is 308 g/mol. The molecule has 0 aliphatic rings. The fourth-order valence-corrected chi connectivity index (χ4v) is 3.17. The first-order valence-electron chi connectivity index (χ1n) is 4.89. The monoisotopic (exact) mass is 320 g/mol. The van der Waals surface area contributed by atoms with Crippen molar-refractivity contribution in [3.63, 3.8) is 0 Å². The van der Waals surface area contributed by atoms with E-state index in [1.807, 2.05) is 0 Å². The van der Waals surface area contributed by atoms with Gasteiger partial charge in [0.15, 0.2) is 0 Å². The average molecular weight is 321 g/mol. The Kier molecular flexibility index (Phi) is 5.30. The van der Waals surface area contributed by atoms with Gasteiger partial charge in [0.25, 0.3) is 0 Å². The molecule has 1 N–H and O–H groups in total. The van der Waals surface area contributed by atoms with Crippen LogP contribution in [0.1, 0.15) is 17.3 Å². The largest absolute Gasteiger partial charge is 0.478 e. The molecule has 1 aromatic rings. The predicted molar refractivity (Wildman–Crippen MR) is 68.8 cm³/mol. The number of carboxylic acids is 1. The van der Waals surface area contributed by atoms with Crippen molar-refractivity contribution >= 4 is 32.7 Å². The Balaban J connectivity index is 3.15. The standard InChI is InChI=1S/C11H13BrO4S/c1-7(6-16-2)17(15)10-5-8(12)3-4-9(10)11(13)14/h3-5,7H,6H2,1-2H3,(H,13,14). The van der Waals surface area contributed by atoms with E-state index in [9.17, 15) is 9.00 Å². The van der Waals surface area contributed by atoms with Gasteiger partial charge in [-0.1, -0.05) is 15.9 Å². The van der Waals surface area contributed by atoms with E-state index in [4.69, 9.17) is 9.84 Å². The molecule has 2 unspecified atom stereocenters. The first-order valence-corrected chi connectivity index (χ1v) is 6.90. The maximum Gasteiger partial charge on any atom is 0.336 e. The van der Waals surface area contributed by atoms with Crippen LogP contribution in [0.5, 0.6) is 0 Å². The molecule has 0 aromatic heterocycles. The van der Waals surface area contributed by atoms with E-state index in [1.54, 1.807) is 19.1 Å². The zero-order chi connectivity index (χ0) is 13.0. The van der Waals surface area contributed by atoms with Crippen LogP contribution in [0, 0.1) is 0 Å². The van der Waals surface area contributed by atoms with E-state index >= 15 is 0 Å². The van der Waals surface area contributed by atoms with Crippen molar-refractivity contribution in [2.24, 2.45) is 0 Å². The Morgan fingerprint density at radius 1 is 1.59 bits per heavy atom. The number of hydrogen-bond donors (Lipinski definition) is 1. The van der Waals surface area contributed by atoms with Gasteiger partial charge in [0.05, 0.1) is 33.1 Å². The Morgan fingerprint density at radius 3 is 2.76 bits per heavy atom. The van der Waals surface area contributed by atoms with Gasteiger partial charge in [-0.2, -0.15) is 0 Å². The number of ether oxygens (including phenoxy) is 1. The SMILES string of the molecule is COCC(C)S(=O)c1cc(Br)ccc1C(=O)O. The first kappa shape index (κ1) is 14.3. The number of hydrogen-bond acceptors (Lipinski definition) is 3. The minimum Gasteiger partial charge on any atom is -0.478 e. The Bertz CT molecular complexity index is 447. The minimum atomic E-state index is -1.41. The van der Waals surface area contributed by atoms with E-state index in [-0.39, 0.29) is 10.8 Å². The van der Waals surface area contributed by atoms with Gasteiger partial charge in [-0.05, 0) is 25.1 Å². The lowest BCUT2D eigenvalue weighted by Gasteiger charge is -2.12. The summed E-state index contributed by atoms with van der Waals surface area (Å²) in [5.74, 6) is -1.08. The minimum absolute atomic E-state index is 0.0643. The second kappa shape index (κ2) is 6.28. The van der Waals surface area contributed by atoms with Gasteiger partial charge in [0.2, 0.25) is 0 Å². The number of rotatable bonds is 5. The molecule has 0 fully saturated rings. The maximum absolute atomic E-state index is 12.2. The zero-order valence-electron chi connectivity index (χ0n) is 9.47. The van der Waals surface area contributed by atoms with Crippen LogP contribution in [0.4, 0.5) is 0 Å². The smallest absolute Gasteiger partial charge is 0.336 e. The number of benzene rings is 1. The molecular formula is C11H13BrO4S. The zero-order valence-corrected chi connectivity index (χ0v) is 11.9. The Morgan fingerprint density at radius 2 is 2.24 bits per heavy atom. The molecule has 2 atom stereocenters. The molecule has 0 aliphatic carbocycles. The van der Waals surface area contributed by atoms with Crippen LogP contribution in [-0.4, -0.2) is 34.3 Å². The van der Waals surface area contributed by atoms with E-state index in [1.165, 1.54) is 13.2 Å². The molecule has 1 rings (SSSR count). The Labute approximate surface area is 111 Å². The third-order valence-corrected chi connectivity index (χ3v) is 4.29. The maximum atomic E-state index is 12.2. The number of methoxy groups -OCH3 is 1. The van der Waals surface area contributed by atoms with Crippen molar-refractivity contribution in [1.82, 2.24) is 0 Å². The number of aromatic carboxylic acids is 1. The van der Waals surface area contributed by atoms with Gasteiger partial charge >= 0.3 is 5.97 Å². The van der Waals surface area contributed by atoms with Crippen LogP contribution in [0.3, 0.4) is 0 Å². The highest BCUT2D eigenvalue weighted by Gasteiger charge is 2.20. The highest BCUT2D eigenvalue weighted by atomic mass is 79.9. The van der Waals surface area contributed by atoms with Crippen LogP contribution < -0.4 is 0 Å². The lowest BCUT2D eigenvalue weighted by atomic mass is 10.2. The van der Waals surface area contributed by atoms with E-state index in [0.717, 1.165) is 0 Å². The number of halogens is 1. The molecule has 0 heterocycles. The summed E-state index contributed by atoms with van der Waals surface area (Å²) in [6.07, 6.45) is 0. The molecule has 0 saturated heterocycles. The lowest BCUT2D eigenvalue weighted by Crippen LogP contribution is -2.19. The van der Waals surface area contributed by atoms with Gasteiger partial charge in [0, 0.05) is 11.6 Å². The molecule has 0 amide bonds.